The molecule has 0 radical (unpaired) electrons. The second-order valence-electron chi connectivity index (χ2n) is 3.51. The Hall–Kier alpha value is -1.62. The molecule has 2 aromatic heterocycles. The average Bonchev–Trinajstić information content (AvgIpc) is 2.74. The third-order valence-electron chi connectivity index (χ3n) is 2.11. The van der Waals surface area contributed by atoms with E-state index in [1.165, 1.54) is 4.88 Å². The van der Waals surface area contributed by atoms with E-state index in [9.17, 15) is 0 Å². The van der Waals surface area contributed by atoms with Gasteiger partial charge in [-0.25, -0.2) is 4.98 Å². The van der Waals surface area contributed by atoms with Gasteiger partial charge in [0.1, 0.15) is 10.8 Å². The fourth-order valence-corrected chi connectivity index (χ4v) is 2.12. The summed E-state index contributed by atoms with van der Waals surface area (Å²) in [5.74, 6) is 1.46. The third-order valence-corrected chi connectivity index (χ3v) is 3.02. The van der Waals surface area contributed by atoms with E-state index in [4.69, 9.17) is 4.74 Å². The number of ether oxygens (including phenoxy) is 1. The molecule has 0 unspecified atom stereocenters. The number of rotatable bonds is 5. The summed E-state index contributed by atoms with van der Waals surface area (Å²) in [6.07, 6.45) is 1.88. The molecule has 17 heavy (non-hydrogen) atoms. The molecular formula is C12H15N3OS. The number of pyridine rings is 1. The molecule has 0 aliphatic rings. The van der Waals surface area contributed by atoms with Gasteiger partial charge in [0, 0.05) is 17.1 Å². The van der Waals surface area contributed by atoms with Crippen LogP contribution in [0.4, 0.5) is 5.82 Å². The zero-order valence-electron chi connectivity index (χ0n) is 9.93. The van der Waals surface area contributed by atoms with Crippen molar-refractivity contribution in [2.45, 2.75) is 20.4 Å². The predicted molar refractivity (Wildman–Crippen MR) is 69.6 cm³/mol. The van der Waals surface area contributed by atoms with Gasteiger partial charge in [-0.15, -0.1) is 11.3 Å². The molecule has 0 spiro atoms. The normalized spacial score (nSPS) is 10.2. The largest absolute Gasteiger partial charge is 0.478 e. The highest BCUT2D eigenvalue weighted by Gasteiger charge is 2.00. The van der Waals surface area contributed by atoms with Crippen LogP contribution in [0.3, 0.4) is 0 Å². The van der Waals surface area contributed by atoms with Crippen molar-refractivity contribution < 1.29 is 4.74 Å². The quantitative estimate of drug-likeness (QED) is 0.885. The van der Waals surface area contributed by atoms with Crippen LogP contribution in [0.5, 0.6) is 5.88 Å². The lowest BCUT2D eigenvalue weighted by Gasteiger charge is -2.06. The van der Waals surface area contributed by atoms with Gasteiger partial charge in [-0.2, -0.15) is 4.98 Å². The minimum atomic E-state index is 0.627. The Labute approximate surface area is 105 Å². The van der Waals surface area contributed by atoms with Gasteiger partial charge < -0.3 is 10.1 Å². The van der Waals surface area contributed by atoms with Gasteiger partial charge in [0.15, 0.2) is 0 Å². The zero-order valence-corrected chi connectivity index (χ0v) is 10.8. The van der Waals surface area contributed by atoms with Gasteiger partial charge in [0.2, 0.25) is 5.88 Å². The highest BCUT2D eigenvalue weighted by Crippen LogP contribution is 2.15. The van der Waals surface area contributed by atoms with E-state index < -0.39 is 0 Å². The Kier molecular flexibility index (Phi) is 3.93. The van der Waals surface area contributed by atoms with Crippen LogP contribution in [0, 0.1) is 6.92 Å². The van der Waals surface area contributed by atoms with Crippen molar-refractivity contribution in [3.05, 3.63) is 34.3 Å². The molecule has 0 aliphatic heterocycles. The second-order valence-corrected chi connectivity index (χ2v) is 4.83. The predicted octanol–water partition coefficient (Wildman–Crippen LogP) is 2.86. The minimum absolute atomic E-state index is 0.627. The van der Waals surface area contributed by atoms with Crippen LogP contribution in [0.15, 0.2) is 24.4 Å². The van der Waals surface area contributed by atoms with Crippen molar-refractivity contribution in [2.75, 3.05) is 11.9 Å². The van der Waals surface area contributed by atoms with Crippen LogP contribution in [-0.2, 0) is 6.54 Å². The third kappa shape index (κ3) is 3.42. The van der Waals surface area contributed by atoms with Gasteiger partial charge in [-0.3, -0.25) is 0 Å². The van der Waals surface area contributed by atoms with Crippen molar-refractivity contribution in [1.82, 2.24) is 9.97 Å². The van der Waals surface area contributed by atoms with E-state index in [-0.39, 0.29) is 0 Å². The number of hydrogen-bond acceptors (Lipinski definition) is 5. The molecule has 90 valence electrons. The van der Waals surface area contributed by atoms with E-state index in [0.717, 1.165) is 10.8 Å². The lowest BCUT2D eigenvalue weighted by Crippen LogP contribution is -2.02. The molecule has 0 bridgehead atoms. The first-order valence-corrected chi connectivity index (χ1v) is 6.34. The number of anilines is 1. The zero-order chi connectivity index (χ0) is 12.1. The number of aromatic nitrogens is 2. The molecule has 0 saturated carbocycles. The van der Waals surface area contributed by atoms with E-state index in [1.807, 2.05) is 31.3 Å². The summed E-state index contributed by atoms with van der Waals surface area (Å²) >= 11 is 1.69. The molecule has 0 aliphatic carbocycles. The van der Waals surface area contributed by atoms with Gasteiger partial charge in [0.05, 0.1) is 13.2 Å². The van der Waals surface area contributed by atoms with Crippen LogP contribution >= 0.6 is 11.3 Å². The average molecular weight is 249 g/mol. The van der Waals surface area contributed by atoms with Gasteiger partial charge >= 0.3 is 0 Å². The maximum Gasteiger partial charge on any atom is 0.215 e. The molecule has 0 atom stereocenters. The standard InChI is InChI=1S/C12H15N3OS/c1-3-16-11-6-4-5-10(15-11)13-8-12-14-7-9(2)17-12/h4-7H,3,8H2,1-2H3,(H,13,15). The molecule has 0 saturated heterocycles. The first-order chi connectivity index (χ1) is 8.28. The molecule has 5 heteroatoms. The summed E-state index contributed by atoms with van der Waals surface area (Å²) in [5.41, 5.74) is 0. The van der Waals surface area contributed by atoms with Crippen LogP contribution in [0.1, 0.15) is 16.8 Å². The summed E-state index contributed by atoms with van der Waals surface area (Å²) < 4.78 is 5.34. The second kappa shape index (κ2) is 5.63. The van der Waals surface area contributed by atoms with Gasteiger partial charge in [0.25, 0.3) is 0 Å². The lowest BCUT2D eigenvalue weighted by molar-refractivity contribution is 0.327. The van der Waals surface area contributed by atoms with Crippen LogP contribution in [0.2, 0.25) is 0 Å². The van der Waals surface area contributed by atoms with E-state index in [1.54, 1.807) is 11.3 Å². The fraction of sp³-hybridized carbons (Fsp3) is 0.333. The Morgan fingerprint density at radius 2 is 2.29 bits per heavy atom. The monoisotopic (exact) mass is 249 g/mol. The molecule has 2 aromatic rings. The topological polar surface area (TPSA) is 47.0 Å². The molecule has 0 fully saturated rings. The molecule has 0 aromatic carbocycles. The highest BCUT2D eigenvalue weighted by molar-refractivity contribution is 7.11. The van der Waals surface area contributed by atoms with Crippen molar-refractivity contribution >= 4 is 17.2 Å². The summed E-state index contributed by atoms with van der Waals surface area (Å²) in [6.45, 7) is 5.32. The first-order valence-electron chi connectivity index (χ1n) is 5.53. The number of nitrogens with zero attached hydrogens (tertiary/aromatic N) is 2. The van der Waals surface area contributed by atoms with E-state index >= 15 is 0 Å². The van der Waals surface area contributed by atoms with Crippen LogP contribution < -0.4 is 10.1 Å². The van der Waals surface area contributed by atoms with Gasteiger partial charge in [-0.1, -0.05) is 6.07 Å². The number of aryl methyl sites for hydroxylation is 1. The Morgan fingerprint density at radius 3 is 3.00 bits per heavy atom. The van der Waals surface area contributed by atoms with Crippen molar-refractivity contribution in [2.24, 2.45) is 0 Å². The summed E-state index contributed by atoms with van der Waals surface area (Å²) in [4.78, 5) is 9.83. The minimum Gasteiger partial charge on any atom is -0.478 e. The van der Waals surface area contributed by atoms with Crippen LogP contribution in [-0.4, -0.2) is 16.6 Å². The smallest absolute Gasteiger partial charge is 0.215 e. The molecule has 0 amide bonds. The Balaban J connectivity index is 1.96. The van der Waals surface area contributed by atoms with Crippen LogP contribution in [0.25, 0.3) is 0 Å². The molecule has 2 heterocycles. The maximum atomic E-state index is 5.34. The Bertz CT molecular complexity index is 484. The first kappa shape index (κ1) is 11.9. The molecule has 2 rings (SSSR count). The SMILES string of the molecule is CCOc1cccc(NCc2ncc(C)s2)n1. The highest BCUT2D eigenvalue weighted by atomic mass is 32.1. The van der Waals surface area contributed by atoms with Crippen molar-refractivity contribution in [3.63, 3.8) is 0 Å². The summed E-state index contributed by atoms with van der Waals surface area (Å²) in [7, 11) is 0. The molecule has 4 nitrogen and oxygen atoms in total. The lowest BCUT2D eigenvalue weighted by atomic mass is 10.4. The molecule has 1 N–H and O–H groups in total. The van der Waals surface area contributed by atoms with E-state index in [2.05, 4.69) is 22.2 Å². The fourth-order valence-electron chi connectivity index (χ4n) is 1.39. The number of thiazole rings is 1. The number of nitrogens with one attached hydrogen (secondary N) is 1. The maximum absolute atomic E-state index is 5.34. The Morgan fingerprint density at radius 1 is 1.41 bits per heavy atom. The summed E-state index contributed by atoms with van der Waals surface area (Å²) in [6, 6.07) is 5.69. The van der Waals surface area contributed by atoms with Crippen molar-refractivity contribution in [1.29, 1.82) is 0 Å². The summed E-state index contributed by atoms with van der Waals surface area (Å²) in [5, 5.41) is 4.29. The van der Waals surface area contributed by atoms with Gasteiger partial charge in [-0.05, 0) is 19.9 Å². The van der Waals surface area contributed by atoms with Crippen molar-refractivity contribution in [3.8, 4) is 5.88 Å². The number of hydrogen-bond donors (Lipinski definition) is 1. The molecular weight excluding hydrogens is 234 g/mol. The van der Waals surface area contributed by atoms with E-state index in [0.29, 0.717) is 19.0 Å².